The maximum atomic E-state index is 9.59. The van der Waals surface area contributed by atoms with E-state index in [1.165, 1.54) is 0 Å². The summed E-state index contributed by atoms with van der Waals surface area (Å²) in [5.74, 6) is 1.54. The third-order valence-electron chi connectivity index (χ3n) is 2.46. The largest absolute Gasteiger partial charge is 0.512 e. The highest BCUT2D eigenvalue weighted by Gasteiger charge is 2.28. The normalized spacial score (nSPS) is 30.5. The van der Waals surface area contributed by atoms with E-state index in [2.05, 4.69) is 0 Å². The molecule has 0 fully saturated rings. The van der Waals surface area contributed by atoms with E-state index in [-0.39, 0.29) is 11.8 Å². The van der Waals surface area contributed by atoms with Crippen molar-refractivity contribution in [2.75, 3.05) is 7.11 Å². The Bertz CT molecular complexity index is 321. The molecule has 2 heteroatoms. The van der Waals surface area contributed by atoms with Crippen LogP contribution in [0.4, 0.5) is 0 Å². The first-order valence-electron chi connectivity index (χ1n) is 4.32. The maximum Gasteiger partial charge on any atom is 0.103 e. The van der Waals surface area contributed by atoms with Gasteiger partial charge in [-0.15, -0.1) is 0 Å². The highest BCUT2D eigenvalue weighted by molar-refractivity contribution is 5.33. The van der Waals surface area contributed by atoms with Crippen LogP contribution in [0.15, 0.2) is 48.0 Å². The Morgan fingerprint density at radius 1 is 1.15 bits per heavy atom. The van der Waals surface area contributed by atoms with Gasteiger partial charge < -0.3 is 9.84 Å². The van der Waals surface area contributed by atoms with E-state index < -0.39 is 0 Å². The van der Waals surface area contributed by atoms with Gasteiger partial charge in [-0.3, -0.25) is 0 Å². The van der Waals surface area contributed by atoms with E-state index in [1.807, 2.05) is 30.4 Å². The van der Waals surface area contributed by atoms with Crippen LogP contribution in [0.2, 0.25) is 0 Å². The first-order chi connectivity index (χ1) is 6.33. The molecule has 1 N–H and O–H groups in total. The molecule has 2 atom stereocenters. The molecule has 2 unspecified atom stereocenters. The van der Waals surface area contributed by atoms with Gasteiger partial charge in [0.25, 0.3) is 0 Å². The fourth-order valence-electron chi connectivity index (χ4n) is 1.76. The van der Waals surface area contributed by atoms with Crippen LogP contribution in [0.3, 0.4) is 0 Å². The highest BCUT2D eigenvalue weighted by Crippen LogP contribution is 2.34. The Labute approximate surface area is 77.5 Å². The van der Waals surface area contributed by atoms with E-state index in [0.717, 1.165) is 5.76 Å². The van der Waals surface area contributed by atoms with E-state index in [0.29, 0.717) is 5.76 Å². The van der Waals surface area contributed by atoms with Crippen molar-refractivity contribution in [3.8, 4) is 0 Å². The van der Waals surface area contributed by atoms with E-state index in [4.69, 9.17) is 4.74 Å². The van der Waals surface area contributed by atoms with Crippen LogP contribution in [-0.4, -0.2) is 12.2 Å². The lowest BCUT2D eigenvalue weighted by Gasteiger charge is -2.27. The summed E-state index contributed by atoms with van der Waals surface area (Å²) in [6.45, 7) is 0. The zero-order chi connectivity index (χ0) is 9.26. The van der Waals surface area contributed by atoms with Gasteiger partial charge in [-0.2, -0.15) is 0 Å². The quantitative estimate of drug-likeness (QED) is 0.664. The maximum absolute atomic E-state index is 9.59. The van der Waals surface area contributed by atoms with Crippen LogP contribution in [0.25, 0.3) is 0 Å². The Kier molecular flexibility index (Phi) is 1.97. The molecule has 13 heavy (non-hydrogen) atoms. The molecular weight excluding hydrogens is 164 g/mol. The average molecular weight is 176 g/mol. The molecular formula is C11H12O2. The molecule has 0 saturated heterocycles. The van der Waals surface area contributed by atoms with Crippen LogP contribution in [0.1, 0.15) is 0 Å². The van der Waals surface area contributed by atoms with Crippen LogP contribution in [0.5, 0.6) is 0 Å². The van der Waals surface area contributed by atoms with Crippen molar-refractivity contribution in [2.45, 2.75) is 0 Å². The van der Waals surface area contributed by atoms with Crippen molar-refractivity contribution in [1.29, 1.82) is 0 Å². The van der Waals surface area contributed by atoms with Crippen LogP contribution < -0.4 is 0 Å². The number of rotatable bonds is 1. The van der Waals surface area contributed by atoms with Gasteiger partial charge in [-0.05, 0) is 12.2 Å². The lowest BCUT2D eigenvalue weighted by molar-refractivity contribution is 0.223. The highest BCUT2D eigenvalue weighted by atomic mass is 16.5. The second-order valence-corrected chi connectivity index (χ2v) is 3.19. The van der Waals surface area contributed by atoms with Crippen molar-refractivity contribution in [3.05, 3.63) is 48.0 Å². The summed E-state index contributed by atoms with van der Waals surface area (Å²) in [5, 5.41) is 9.59. The van der Waals surface area contributed by atoms with Gasteiger partial charge in [0.1, 0.15) is 11.5 Å². The first kappa shape index (κ1) is 8.17. The standard InChI is InChI=1S/C11H12O2/c1-13-11-7-3-4-8-9(11)5-2-6-10(8)12/h2-9,12H,1H3. The molecule has 0 spiro atoms. The lowest BCUT2D eigenvalue weighted by Crippen LogP contribution is -2.20. The molecule has 0 aliphatic heterocycles. The van der Waals surface area contributed by atoms with Crippen molar-refractivity contribution in [2.24, 2.45) is 11.8 Å². The SMILES string of the molecule is COC1=CC=CC2C(O)=CC=CC12. The molecule has 0 aromatic carbocycles. The van der Waals surface area contributed by atoms with Gasteiger partial charge in [-0.25, -0.2) is 0 Å². The molecule has 0 heterocycles. The molecule has 2 rings (SSSR count). The molecule has 2 nitrogen and oxygen atoms in total. The van der Waals surface area contributed by atoms with Crippen molar-refractivity contribution in [1.82, 2.24) is 0 Å². The number of aliphatic hydroxyl groups is 1. The Balaban J connectivity index is 2.32. The van der Waals surface area contributed by atoms with Crippen molar-refractivity contribution >= 4 is 0 Å². The predicted octanol–water partition coefficient (Wildman–Crippen LogP) is 2.33. The molecule has 2 aliphatic carbocycles. The fourth-order valence-corrected chi connectivity index (χ4v) is 1.76. The van der Waals surface area contributed by atoms with Gasteiger partial charge in [0.2, 0.25) is 0 Å². The summed E-state index contributed by atoms with van der Waals surface area (Å²) in [6.07, 6.45) is 11.5. The van der Waals surface area contributed by atoms with Gasteiger partial charge in [-0.1, -0.05) is 24.3 Å². The molecule has 2 aliphatic rings. The smallest absolute Gasteiger partial charge is 0.103 e. The van der Waals surface area contributed by atoms with Gasteiger partial charge in [0.05, 0.1) is 7.11 Å². The minimum Gasteiger partial charge on any atom is -0.512 e. The number of ether oxygens (including phenoxy) is 1. The number of hydrogen-bond donors (Lipinski definition) is 1. The van der Waals surface area contributed by atoms with Crippen LogP contribution in [0, 0.1) is 11.8 Å². The second-order valence-electron chi connectivity index (χ2n) is 3.19. The predicted molar refractivity (Wildman–Crippen MR) is 51.1 cm³/mol. The molecule has 0 radical (unpaired) electrons. The van der Waals surface area contributed by atoms with Crippen molar-refractivity contribution in [3.63, 3.8) is 0 Å². The summed E-state index contributed by atoms with van der Waals surface area (Å²) in [7, 11) is 1.66. The minimum atomic E-state index is 0.0601. The Hall–Kier alpha value is -1.44. The van der Waals surface area contributed by atoms with Gasteiger partial charge in [0, 0.05) is 11.8 Å². The molecule has 0 aromatic rings. The number of methoxy groups -OCH3 is 1. The summed E-state index contributed by atoms with van der Waals surface area (Å²) in [6, 6.07) is 0. The van der Waals surface area contributed by atoms with Gasteiger partial charge >= 0.3 is 0 Å². The fraction of sp³-hybridized carbons (Fsp3) is 0.273. The zero-order valence-corrected chi connectivity index (χ0v) is 7.47. The van der Waals surface area contributed by atoms with Crippen LogP contribution >= 0.6 is 0 Å². The molecule has 0 aromatic heterocycles. The topological polar surface area (TPSA) is 29.5 Å². The average Bonchev–Trinajstić information content (AvgIpc) is 2.18. The second kappa shape index (κ2) is 3.13. The monoisotopic (exact) mass is 176 g/mol. The lowest BCUT2D eigenvalue weighted by atomic mass is 9.82. The minimum absolute atomic E-state index is 0.0601. The third-order valence-corrected chi connectivity index (χ3v) is 2.46. The van der Waals surface area contributed by atoms with E-state index >= 15 is 0 Å². The Morgan fingerprint density at radius 3 is 2.62 bits per heavy atom. The molecule has 68 valence electrons. The summed E-state index contributed by atoms with van der Waals surface area (Å²) >= 11 is 0. The number of allylic oxidation sites excluding steroid dienone is 6. The number of hydrogen-bond acceptors (Lipinski definition) is 2. The third kappa shape index (κ3) is 1.28. The molecule has 0 saturated carbocycles. The first-order valence-corrected chi connectivity index (χ1v) is 4.32. The van der Waals surface area contributed by atoms with E-state index in [1.54, 1.807) is 13.2 Å². The molecule has 0 amide bonds. The van der Waals surface area contributed by atoms with Crippen LogP contribution in [-0.2, 0) is 4.74 Å². The summed E-state index contributed by atoms with van der Waals surface area (Å²) in [5.41, 5.74) is 0. The van der Waals surface area contributed by atoms with E-state index in [9.17, 15) is 5.11 Å². The number of aliphatic hydroxyl groups excluding tert-OH is 1. The summed E-state index contributed by atoms with van der Waals surface area (Å²) in [4.78, 5) is 0. The summed E-state index contributed by atoms with van der Waals surface area (Å²) < 4.78 is 5.23. The number of fused-ring (bicyclic) bond motifs is 1. The van der Waals surface area contributed by atoms with Gasteiger partial charge in [0.15, 0.2) is 0 Å². The van der Waals surface area contributed by atoms with Crippen molar-refractivity contribution < 1.29 is 9.84 Å². The molecule has 0 bridgehead atoms. The Morgan fingerprint density at radius 2 is 1.85 bits per heavy atom. The zero-order valence-electron chi connectivity index (χ0n) is 7.47.